The summed E-state index contributed by atoms with van der Waals surface area (Å²) in [5.74, 6) is 0.0877. The number of rotatable bonds is 5. The molecule has 25 heavy (non-hydrogen) atoms. The SMILES string of the molecule is CC(=O)C=C(C)[P+](c1ccccc1)(c1ccccc1)c1ccccc1. The van der Waals surface area contributed by atoms with Crippen LogP contribution in [0.15, 0.2) is 102 Å². The summed E-state index contributed by atoms with van der Waals surface area (Å²) in [6.45, 7) is 3.72. The number of carbonyl (C=O) groups excluding carboxylic acids is 1. The summed E-state index contributed by atoms with van der Waals surface area (Å²) >= 11 is 0. The number of benzene rings is 3. The molecule has 0 atom stereocenters. The molecule has 0 aromatic heterocycles. The lowest BCUT2D eigenvalue weighted by Crippen LogP contribution is -2.32. The molecule has 0 N–H and O–H groups in total. The van der Waals surface area contributed by atoms with Gasteiger partial charge in [0.15, 0.2) is 5.78 Å². The third-order valence-electron chi connectivity index (χ3n) is 4.37. The summed E-state index contributed by atoms with van der Waals surface area (Å²) in [5, 5.41) is 4.93. The first kappa shape index (κ1) is 17.3. The van der Waals surface area contributed by atoms with Crippen molar-refractivity contribution >= 4 is 29.0 Å². The van der Waals surface area contributed by atoms with Crippen molar-refractivity contribution < 1.29 is 4.79 Å². The topological polar surface area (TPSA) is 17.1 Å². The van der Waals surface area contributed by atoms with Crippen LogP contribution < -0.4 is 15.9 Å². The minimum Gasteiger partial charge on any atom is -0.295 e. The van der Waals surface area contributed by atoms with Gasteiger partial charge in [-0.05, 0) is 50.2 Å². The molecule has 0 spiro atoms. The average molecular weight is 345 g/mol. The van der Waals surface area contributed by atoms with E-state index in [2.05, 4.69) is 79.7 Å². The first-order valence-electron chi connectivity index (χ1n) is 8.41. The van der Waals surface area contributed by atoms with Crippen LogP contribution >= 0.6 is 7.26 Å². The van der Waals surface area contributed by atoms with Crippen molar-refractivity contribution in [3.05, 3.63) is 102 Å². The maximum atomic E-state index is 11.9. The zero-order chi connectivity index (χ0) is 17.7. The minimum atomic E-state index is -2.06. The molecule has 2 heteroatoms. The van der Waals surface area contributed by atoms with Gasteiger partial charge in [0.2, 0.25) is 0 Å². The number of allylic oxidation sites excluding steroid dienone is 2. The van der Waals surface area contributed by atoms with Crippen molar-refractivity contribution in [2.24, 2.45) is 0 Å². The van der Waals surface area contributed by atoms with Gasteiger partial charge in [-0.1, -0.05) is 54.6 Å². The van der Waals surface area contributed by atoms with Crippen LogP contribution in [0.3, 0.4) is 0 Å². The smallest absolute Gasteiger partial charge is 0.156 e. The maximum Gasteiger partial charge on any atom is 0.156 e. The highest BCUT2D eigenvalue weighted by atomic mass is 31.2. The van der Waals surface area contributed by atoms with Gasteiger partial charge in [0.05, 0.1) is 5.31 Å². The summed E-state index contributed by atoms with van der Waals surface area (Å²) in [4.78, 5) is 11.9. The maximum absolute atomic E-state index is 11.9. The van der Waals surface area contributed by atoms with Crippen LogP contribution in [-0.4, -0.2) is 5.78 Å². The molecule has 0 radical (unpaired) electrons. The molecule has 0 aliphatic carbocycles. The first-order chi connectivity index (χ1) is 12.2. The molecule has 3 aromatic carbocycles. The number of hydrogen-bond acceptors (Lipinski definition) is 1. The summed E-state index contributed by atoms with van der Waals surface area (Å²) in [6.07, 6.45) is 1.81. The van der Waals surface area contributed by atoms with Gasteiger partial charge in [0.1, 0.15) is 23.2 Å². The van der Waals surface area contributed by atoms with Crippen molar-refractivity contribution in [3.63, 3.8) is 0 Å². The van der Waals surface area contributed by atoms with Crippen molar-refractivity contribution in [2.45, 2.75) is 13.8 Å². The van der Waals surface area contributed by atoms with Crippen LogP contribution in [0.2, 0.25) is 0 Å². The lowest BCUT2D eigenvalue weighted by molar-refractivity contribution is -0.112. The Labute approximate surface area is 150 Å². The van der Waals surface area contributed by atoms with Gasteiger partial charge in [0.25, 0.3) is 0 Å². The summed E-state index contributed by atoms with van der Waals surface area (Å²) in [5.41, 5.74) is 0. The molecular weight excluding hydrogens is 323 g/mol. The van der Waals surface area contributed by atoms with Crippen LogP contribution in [0, 0.1) is 0 Å². The van der Waals surface area contributed by atoms with Gasteiger partial charge >= 0.3 is 0 Å². The molecule has 0 saturated heterocycles. The second kappa shape index (κ2) is 7.59. The van der Waals surface area contributed by atoms with E-state index in [4.69, 9.17) is 0 Å². The molecule has 0 heterocycles. The normalized spacial score (nSPS) is 12.0. The van der Waals surface area contributed by atoms with Gasteiger partial charge < -0.3 is 0 Å². The molecule has 3 rings (SSSR count). The third-order valence-corrected chi connectivity index (χ3v) is 8.78. The zero-order valence-electron chi connectivity index (χ0n) is 14.6. The Morgan fingerprint density at radius 1 is 0.640 bits per heavy atom. The van der Waals surface area contributed by atoms with E-state index in [1.54, 1.807) is 13.0 Å². The predicted octanol–water partition coefficient (Wildman–Crippen LogP) is 4.47. The van der Waals surface area contributed by atoms with E-state index in [-0.39, 0.29) is 5.78 Å². The summed E-state index contributed by atoms with van der Waals surface area (Å²) in [6, 6.07) is 31.7. The standard InChI is InChI=1S/C23H22OP/c1-19(24)18-20(2)25(21-12-6-3-7-13-21,22-14-8-4-9-15-22)23-16-10-5-11-17-23/h3-18H,1-2H3/q+1. The van der Waals surface area contributed by atoms with Crippen molar-refractivity contribution in [1.29, 1.82) is 0 Å². The van der Waals surface area contributed by atoms with Crippen molar-refractivity contribution in [2.75, 3.05) is 0 Å². The van der Waals surface area contributed by atoms with Crippen molar-refractivity contribution in [3.8, 4) is 0 Å². The monoisotopic (exact) mass is 345 g/mol. The molecule has 0 bridgehead atoms. The number of hydrogen-bond donors (Lipinski definition) is 0. The highest BCUT2D eigenvalue weighted by Gasteiger charge is 2.47. The van der Waals surface area contributed by atoms with E-state index >= 15 is 0 Å². The molecule has 1 nitrogen and oxygen atoms in total. The Hall–Kier alpha value is -2.50. The van der Waals surface area contributed by atoms with E-state index in [1.165, 1.54) is 15.9 Å². The van der Waals surface area contributed by atoms with E-state index in [0.717, 1.165) is 5.31 Å². The molecule has 0 saturated carbocycles. The Morgan fingerprint density at radius 2 is 0.960 bits per heavy atom. The van der Waals surface area contributed by atoms with Gasteiger partial charge in [-0.2, -0.15) is 0 Å². The molecule has 3 aromatic rings. The van der Waals surface area contributed by atoms with E-state index in [0.29, 0.717) is 0 Å². The van der Waals surface area contributed by atoms with E-state index < -0.39 is 7.26 Å². The van der Waals surface area contributed by atoms with Gasteiger partial charge in [-0.15, -0.1) is 0 Å². The average Bonchev–Trinajstić information content (AvgIpc) is 2.64. The van der Waals surface area contributed by atoms with E-state index in [9.17, 15) is 4.79 Å². The fourth-order valence-corrected chi connectivity index (χ4v) is 7.75. The molecule has 0 fully saturated rings. The van der Waals surface area contributed by atoms with Crippen LogP contribution in [0.1, 0.15) is 13.8 Å². The van der Waals surface area contributed by atoms with Gasteiger partial charge in [0, 0.05) is 6.08 Å². The lowest BCUT2D eigenvalue weighted by Gasteiger charge is -2.27. The molecule has 0 aliphatic rings. The summed E-state index contributed by atoms with van der Waals surface area (Å²) < 4.78 is 0. The third kappa shape index (κ3) is 3.34. The molecule has 0 unspecified atom stereocenters. The Bertz CT molecular complexity index is 771. The molecule has 0 amide bonds. The number of ketones is 1. The fraction of sp³-hybridized carbons (Fsp3) is 0.0870. The number of carbonyl (C=O) groups is 1. The minimum absolute atomic E-state index is 0.0877. The van der Waals surface area contributed by atoms with Crippen LogP contribution in [0.4, 0.5) is 0 Å². The molecule has 124 valence electrons. The molecular formula is C23H22OP+. The lowest BCUT2D eigenvalue weighted by atomic mass is 10.3. The molecule has 0 aliphatic heterocycles. The predicted molar refractivity (Wildman–Crippen MR) is 110 cm³/mol. The Morgan fingerprint density at radius 3 is 1.24 bits per heavy atom. The highest BCUT2D eigenvalue weighted by molar-refractivity contribution is 7.99. The fourth-order valence-electron chi connectivity index (χ4n) is 3.40. The van der Waals surface area contributed by atoms with Crippen LogP contribution in [0.5, 0.6) is 0 Å². The van der Waals surface area contributed by atoms with Crippen molar-refractivity contribution in [1.82, 2.24) is 0 Å². The second-order valence-electron chi connectivity index (χ2n) is 6.07. The zero-order valence-corrected chi connectivity index (χ0v) is 15.5. The largest absolute Gasteiger partial charge is 0.295 e. The quantitative estimate of drug-likeness (QED) is 0.492. The first-order valence-corrected chi connectivity index (χ1v) is 10.2. The van der Waals surface area contributed by atoms with Gasteiger partial charge in [-0.25, -0.2) is 0 Å². The highest BCUT2D eigenvalue weighted by Crippen LogP contribution is 2.62. The second-order valence-corrected chi connectivity index (χ2v) is 9.67. The Kier molecular flexibility index (Phi) is 5.26. The van der Waals surface area contributed by atoms with Crippen LogP contribution in [-0.2, 0) is 4.79 Å². The van der Waals surface area contributed by atoms with Crippen LogP contribution in [0.25, 0.3) is 0 Å². The summed E-state index contributed by atoms with van der Waals surface area (Å²) in [7, 11) is -2.06. The van der Waals surface area contributed by atoms with E-state index in [1.807, 2.05) is 18.2 Å². The Balaban J connectivity index is 2.42. The van der Waals surface area contributed by atoms with Gasteiger partial charge in [-0.3, -0.25) is 4.79 Å².